The van der Waals surface area contributed by atoms with Crippen molar-refractivity contribution >= 4 is 38.6 Å². The maximum atomic E-state index is 9.31. The van der Waals surface area contributed by atoms with Crippen LogP contribution < -0.4 is 0 Å². The number of hydrogen-bond acceptors (Lipinski definition) is 4. The summed E-state index contributed by atoms with van der Waals surface area (Å²) in [6, 6.07) is 8.04. The Labute approximate surface area is 118 Å². The van der Waals surface area contributed by atoms with E-state index in [4.69, 9.17) is 5.11 Å². The van der Waals surface area contributed by atoms with E-state index >= 15 is 0 Å². The van der Waals surface area contributed by atoms with Crippen molar-refractivity contribution in [1.29, 1.82) is 0 Å². The number of benzene rings is 1. The molecule has 0 aliphatic heterocycles. The Balaban J connectivity index is 2.17. The fourth-order valence-electron chi connectivity index (χ4n) is 1.70. The molecule has 0 fully saturated rings. The summed E-state index contributed by atoms with van der Waals surface area (Å²) in [5.74, 6) is 1.29. The van der Waals surface area contributed by atoms with Crippen molar-refractivity contribution in [2.24, 2.45) is 0 Å². The quantitative estimate of drug-likeness (QED) is 0.886. The molecule has 3 nitrogen and oxygen atoms in total. The van der Waals surface area contributed by atoms with Crippen LogP contribution in [0.2, 0.25) is 0 Å². The van der Waals surface area contributed by atoms with Crippen LogP contribution in [0.1, 0.15) is 5.56 Å². The highest BCUT2D eigenvalue weighted by Gasteiger charge is 2.06. The van der Waals surface area contributed by atoms with Crippen molar-refractivity contribution in [3.8, 4) is 0 Å². The van der Waals surface area contributed by atoms with Gasteiger partial charge in [0.15, 0.2) is 0 Å². The second kappa shape index (κ2) is 6.52. The first-order valence-electron chi connectivity index (χ1n) is 5.60. The van der Waals surface area contributed by atoms with Crippen LogP contribution in [0.4, 0.5) is 0 Å². The standard InChI is InChI=1S/C13H14BrNO2S/c14-11-4-9-2-1-3-15-13(9)10(5-11)7-18-8-12(17)6-16/h1-5,12,16-17H,6-8H2. The van der Waals surface area contributed by atoms with Crippen molar-refractivity contribution < 1.29 is 10.2 Å². The van der Waals surface area contributed by atoms with Gasteiger partial charge in [0.05, 0.1) is 18.2 Å². The van der Waals surface area contributed by atoms with E-state index in [0.717, 1.165) is 26.7 Å². The Bertz CT molecular complexity index is 535. The molecule has 2 aromatic rings. The Morgan fingerprint density at radius 3 is 3.00 bits per heavy atom. The molecule has 0 aliphatic carbocycles. The molecule has 0 amide bonds. The molecule has 18 heavy (non-hydrogen) atoms. The van der Waals surface area contributed by atoms with Gasteiger partial charge in [-0.1, -0.05) is 22.0 Å². The largest absolute Gasteiger partial charge is 0.394 e. The molecule has 1 aromatic heterocycles. The van der Waals surface area contributed by atoms with Crippen molar-refractivity contribution in [2.45, 2.75) is 11.9 Å². The summed E-state index contributed by atoms with van der Waals surface area (Å²) in [5, 5.41) is 19.2. The van der Waals surface area contributed by atoms with Gasteiger partial charge in [0.2, 0.25) is 0 Å². The molecule has 2 N–H and O–H groups in total. The van der Waals surface area contributed by atoms with E-state index in [9.17, 15) is 5.11 Å². The first kappa shape index (κ1) is 13.8. The van der Waals surface area contributed by atoms with Crippen molar-refractivity contribution in [1.82, 2.24) is 4.98 Å². The molecule has 0 aliphatic rings. The van der Waals surface area contributed by atoms with Gasteiger partial charge in [-0.2, -0.15) is 11.8 Å². The lowest BCUT2D eigenvalue weighted by atomic mass is 10.1. The van der Waals surface area contributed by atoms with E-state index < -0.39 is 6.10 Å². The van der Waals surface area contributed by atoms with Gasteiger partial charge in [0, 0.05) is 27.6 Å². The third kappa shape index (κ3) is 3.45. The molecule has 1 unspecified atom stereocenters. The predicted octanol–water partition coefficient (Wildman–Crippen LogP) is 2.58. The summed E-state index contributed by atoms with van der Waals surface area (Å²) in [5.41, 5.74) is 2.13. The van der Waals surface area contributed by atoms with E-state index in [-0.39, 0.29) is 6.61 Å². The summed E-state index contributed by atoms with van der Waals surface area (Å²) in [7, 11) is 0. The summed E-state index contributed by atoms with van der Waals surface area (Å²) in [6.45, 7) is -0.190. The summed E-state index contributed by atoms with van der Waals surface area (Å²) in [4.78, 5) is 4.39. The third-order valence-electron chi connectivity index (χ3n) is 2.53. The maximum absolute atomic E-state index is 9.31. The molecule has 0 bridgehead atoms. The van der Waals surface area contributed by atoms with Crippen LogP contribution >= 0.6 is 27.7 Å². The lowest BCUT2D eigenvalue weighted by Gasteiger charge is -2.09. The van der Waals surface area contributed by atoms with Gasteiger partial charge in [-0.25, -0.2) is 0 Å². The minimum absolute atomic E-state index is 0.190. The Hall–Kier alpha value is -0.620. The summed E-state index contributed by atoms with van der Waals surface area (Å²) in [6.07, 6.45) is 1.13. The molecule has 0 saturated heterocycles. The first-order valence-corrected chi connectivity index (χ1v) is 7.55. The van der Waals surface area contributed by atoms with E-state index in [0.29, 0.717) is 5.75 Å². The number of halogens is 1. The molecule has 0 saturated carbocycles. The topological polar surface area (TPSA) is 53.4 Å². The summed E-state index contributed by atoms with van der Waals surface area (Å²) < 4.78 is 1.03. The first-order chi connectivity index (χ1) is 8.70. The zero-order valence-electron chi connectivity index (χ0n) is 9.71. The van der Waals surface area contributed by atoms with E-state index in [1.54, 1.807) is 18.0 Å². The molecular weight excluding hydrogens is 314 g/mol. The fraction of sp³-hybridized carbons (Fsp3) is 0.308. The van der Waals surface area contributed by atoms with E-state index in [1.807, 2.05) is 24.3 Å². The van der Waals surface area contributed by atoms with Gasteiger partial charge in [0.1, 0.15) is 0 Å². The van der Waals surface area contributed by atoms with Crippen LogP contribution in [0.5, 0.6) is 0 Å². The number of hydrogen-bond donors (Lipinski definition) is 2. The number of aliphatic hydroxyl groups is 2. The maximum Gasteiger partial charge on any atom is 0.0861 e. The van der Waals surface area contributed by atoms with Crippen LogP contribution in [0.15, 0.2) is 34.9 Å². The highest BCUT2D eigenvalue weighted by atomic mass is 79.9. The molecule has 96 valence electrons. The van der Waals surface area contributed by atoms with Gasteiger partial charge >= 0.3 is 0 Å². The van der Waals surface area contributed by atoms with Crippen LogP contribution in [0.25, 0.3) is 10.9 Å². The van der Waals surface area contributed by atoms with E-state index in [1.165, 1.54) is 0 Å². The lowest BCUT2D eigenvalue weighted by molar-refractivity contribution is 0.113. The normalized spacial score (nSPS) is 12.8. The SMILES string of the molecule is OCC(O)CSCc1cc(Br)cc2cccnc12. The molecule has 1 heterocycles. The fourth-order valence-corrected chi connectivity index (χ4v) is 3.15. The zero-order valence-corrected chi connectivity index (χ0v) is 12.1. The van der Waals surface area contributed by atoms with Crippen molar-refractivity contribution in [2.75, 3.05) is 12.4 Å². The van der Waals surface area contributed by atoms with Gasteiger partial charge in [-0.15, -0.1) is 0 Å². The second-order valence-corrected chi connectivity index (χ2v) is 5.94. The Morgan fingerprint density at radius 1 is 1.39 bits per heavy atom. The zero-order chi connectivity index (χ0) is 13.0. The molecule has 2 rings (SSSR count). The monoisotopic (exact) mass is 327 g/mol. The Kier molecular flexibility index (Phi) is 5.00. The average molecular weight is 328 g/mol. The van der Waals surface area contributed by atoms with Gasteiger partial charge in [-0.3, -0.25) is 4.98 Å². The molecular formula is C13H14BrNO2S. The highest BCUT2D eigenvalue weighted by molar-refractivity contribution is 9.10. The number of aromatic nitrogens is 1. The van der Waals surface area contributed by atoms with Crippen molar-refractivity contribution in [3.05, 3.63) is 40.5 Å². The number of fused-ring (bicyclic) bond motifs is 1. The van der Waals surface area contributed by atoms with Gasteiger partial charge in [-0.05, 0) is 23.8 Å². The number of rotatable bonds is 5. The second-order valence-electron chi connectivity index (χ2n) is 3.99. The molecule has 1 atom stereocenters. The van der Waals surface area contributed by atoms with Crippen LogP contribution in [0, 0.1) is 0 Å². The number of aliphatic hydroxyl groups excluding tert-OH is 2. The average Bonchev–Trinajstić information content (AvgIpc) is 2.38. The van der Waals surface area contributed by atoms with E-state index in [2.05, 4.69) is 20.9 Å². The molecule has 0 radical (unpaired) electrons. The van der Waals surface area contributed by atoms with Crippen molar-refractivity contribution in [3.63, 3.8) is 0 Å². The predicted molar refractivity (Wildman–Crippen MR) is 78.7 cm³/mol. The smallest absolute Gasteiger partial charge is 0.0861 e. The molecule has 5 heteroatoms. The van der Waals surface area contributed by atoms with Crippen LogP contribution in [0.3, 0.4) is 0 Å². The Morgan fingerprint density at radius 2 is 2.22 bits per heavy atom. The number of nitrogens with zero attached hydrogens (tertiary/aromatic N) is 1. The number of pyridine rings is 1. The third-order valence-corrected chi connectivity index (χ3v) is 4.12. The minimum atomic E-state index is -0.652. The number of thioether (sulfide) groups is 1. The lowest BCUT2D eigenvalue weighted by Crippen LogP contribution is -2.14. The van der Waals surface area contributed by atoms with Crippen LogP contribution in [-0.2, 0) is 5.75 Å². The van der Waals surface area contributed by atoms with Crippen LogP contribution in [-0.4, -0.2) is 33.7 Å². The van der Waals surface area contributed by atoms with Gasteiger partial charge < -0.3 is 10.2 Å². The summed E-state index contributed by atoms with van der Waals surface area (Å²) >= 11 is 5.08. The van der Waals surface area contributed by atoms with Gasteiger partial charge in [0.25, 0.3) is 0 Å². The molecule has 0 spiro atoms. The molecule has 1 aromatic carbocycles. The minimum Gasteiger partial charge on any atom is -0.394 e. The highest BCUT2D eigenvalue weighted by Crippen LogP contribution is 2.25.